The molecular weight excluding hydrogens is 311 g/mol. The number of carboxylic acid groups (broad SMARTS) is 1. The standard InChI is InChI=1S/C12H9ClN2O5.Na/c13-5-1-7-10-8(2-5)20-4-6(3-9(16)17)15(10)12(19)11(18)14-7;/h1-2,6H,3-4H2,(H,14,18)(H,16,17);/q;+1/p-1. The summed E-state index contributed by atoms with van der Waals surface area (Å²) in [6, 6.07) is 2.20. The maximum atomic E-state index is 12.0. The monoisotopic (exact) mass is 318 g/mol. The number of benzene rings is 1. The Bertz CT molecular complexity index is 844. The normalized spacial score (nSPS) is 16.1. The summed E-state index contributed by atoms with van der Waals surface area (Å²) in [7, 11) is 0. The Morgan fingerprint density at radius 3 is 2.86 bits per heavy atom. The Morgan fingerprint density at radius 1 is 1.48 bits per heavy atom. The van der Waals surface area contributed by atoms with Crippen LogP contribution in [0.25, 0.3) is 11.0 Å². The van der Waals surface area contributed by atoms with E-state index in [0.29, 0.717) is 21.8 Å². The van der Waals surface area contributed by atoms with E-state index >= 15 is 0 Å². The van der Waals surface area contributed by atoms with Gasteiger partial charge in [-0.05, 0) is 6.07 Å². The number of aromatic nitrogens is 2. The number of carboxylic acids is 1. The predicted molar refractivity (Wildman–Crippen MR) is 68.0 cm³/mol. The predicted octanol–water partition coefficient (Wildman–Crippen LogP) is -3.58. The molecule has 0 spiro atoms. The Hall–Kier alpha value is -1.28. The van der Waals surface area contributed by atoms with E-state index in [9.17, 15) is 19.5 Å². The zero-order chi connectivity index (χ0) is 14.4. The first kappa shape index (κ1) is 16.1. The molecule has 1 aliphatic rings. The van der Waals surface area contributed by atoms with Crippen molar-refractivity contribution in [2.45, 2.75) is 12.5 Å². The Labute approximate surface area is 144 Å². The average molecular weight is 319 g/mol. The van der Waals surface area contributed by atoms with Crippen molar-refractivity contribution < 1.29 is 44.2 Å². The van der Waals surface area contributed by atoms with Crippen LogP contribution in [0.4, 0.5) is 0 Å². The Kier molecular flexibility index (Phi) is 4.48. The van der Waals surface area contributed by atoms with Crippen molar-refractivity contribution in [3.8, 4) is 5.75 Å². The fraction of sp³-hybridized carbons (Fsp3) is 0.250. The van der Waals surface area contributed by atoms with E-state index in [1.54, 1.807) is 0 Å². The Balaban J connectivity index is 0.00000161. The van der Waals surface area contributed by atoms with Gasteiger partial charge < -0.3 is 19.6 Å². The summed E-state index contributed by atoms with van der Waals surface area (Å²) >= 11 is 5.90. The second-order valence-corrected chi connectivity index (χ2v) is 4.91. The molecule has 3 rings (SSSR count). The molecule has 2 aromatic rings. The van der Waals surface area contributed by atoms with Crippen LogP contribution in [0, 0.1) is 0 Å². The number of nitrogens with zero attached hydrogens (tertiary/aromatic N) is 1. The summed E-state index contributed by atoms with van der Waals surface area (Å²) in [5.74, 6) is -0.994. The number of rotatable bonds is 2. The second-order valence-electron chi connectivity index (χ2n) is 4.47. The van der Waals surface area contributed by atoms with Gasteiger partial charge in [-0.1, -0.05) is 11.6 Å². The molecule has 1 atom stereocenters. The van der Waals surface area contributed by atoms with Gasteiger partial charge in [0.2, 0.25) is 0 Å². The van der Waals surface area contributed by atoms with Gasteiger partial charge in [0.05, 0.1) is 11.6 Å². The van der Waals surface area contributed by atoms with Gasteiger partial charge in [0.25, 0.3) is 0 Å². The van der Waals surface area contributed by atoms with Gasteiger partial charge in [-0.3, -0.25) is 14.2 Å². The van der Waals surface area contributed by atoms with Crippen LogP contribution in [0.3, 0.4) is 0 Å². The Morgan fingerprint density at radius 2 is 2.19 bits per heavy atom. The molecule has 1 aromatic heterocycles. The van der Waals surface area contributed by atoms with Gasteiger partial charge in [0.1, 0.15) is 17.9 Å². The third-order valence-electron chi connectivity index (χ3n) is 3.14. The fourth-order valence-corrected chi connectivity index (χ4v) is 2.57. The molecule has 1 N–H and O–H groups in total. The van der Waals surface area contributed by atoms with Crippen LogP contribution in [0.5, 0.6) is 5.75 Å². The van der Waals surface area contributed by atoms with Crippen LogP contribution < -0.4 is 50.5 Å². The van der Waals surface area contributed by atoms with Gasteiger partial charge in [0.15, 0.2) is 0 Å². The minimum Gasteiger partial charge on any atom is -0.550 e. The van der Waals surface area contributed by atoms with Gasteiger partial charge in [-0.2, -0.15) is 0 Å². The van der Waals surface area contributed by atoms with E-state index < -0.39 is 29.6 Å². The van der Waals surface area contributed by atoms with Crippen molar-refractivity contribution in [3.05, 3.63) is 37.9 Å². The first-order chi connectivity index (χ1) is 9.47. The smallest absolute Gasteiger partial charge is 0.550 e. The SMILES string of the molecule is O=C([O-])CC1COc2cc(Cl)cc3[nH]c(=O)c(=O)n1c23.[Na+]. The van der Waals surface area contributed by atoms with Gasteiger partial charge in [-0.25, -0.2) is 0 Å². The third kappa shape index (κ3) is 2.74. The number of carbonyl (C=O) groups excluding carboxylic acids is 1. The molecule has 104 valence electrons. The van der Waals surface area contributed by atoms with Crippen LogP contribution in [-0.4, -0.2) is 22.1 Å². The van der Waals surface area contributed by atoms with E-state index in [2.05, 4.69) is 4.98 Å². The van der Waals surface area contributed by atoms with E-state index in [0.717, 1.165) is 4.57 Å². The maximum Gasteiger partial charge on any atom is 1.00 e. The van der Waals surface area contributed by atoms with Crippen LogP contribution in [0.2, 0.25) is 5.02 Å². The minimum atomic E-state index is -1.32. The summed E-state index contributed by atoms with van der Waals surface area (Å²) in [5.41, 5.74) is -1.01. The molecule has 9 heteroatoms. The van der Waals surface area contributed by atoms with Gasteiger partial charge in [0, 0.05) is 23.5 Å². The minimum absolute atomic E-state index is 0. The molecule has 21 heavy (non-hydrogen) atoms. The second kappa shape index (κ2) is 5.84. The van der Waals surface area contributed by atoms with Crippen molar-refractivity contribution >= 4 is 28.6 Å². The van der Waals surface area contributed by atoms with Gasteiger partial charge in [-0.15, -0.1) is 0 Å². The molecule has 2 heterocycles. The molecule has 1 aliphatic heterocycles. The summed E-state index contributed by atoms with van der Waals surface area (Å²) in [6.45, 7) is -0.0419. The maximum absolute atomic E-state index is 12.0. The van der Waals surface area contributed by atoms with Crippen molar-refractivity contribution in [1.29, 1.82) is 0 Å². The average Bonchev–Trinajstić information content (AvgIpc) is 2.36. The number of carbonyl (C=O) groups is 1. The number of ether oxygens (including phenoxy) is 1. The van der Waals surface area contributed by atoms with Crippen molar-refractivity contribution in [2.75, 3.05) is 6.61 Å². The summed E-state index contributed by atoms with van der Waals surface area (Å²) in [6.07, 6.45) is -0.416. The first-order valence-corrected chi connectivity index (χ1v) is 6.16. The number of halogens is 1. The quantitative estimate of drug-likeness (QED) is 0.455. The molecular formula is C12H8ClN2NaO5. The molecule has 0 saturated heterocycles. The van der Waals surface area contributed by atoms with E-state index in [1.165, 1.54) is 12.1 Å². The number of hydrogen-bond donors (Lipinski definition) is 1. The van der Waals surface area contributed by atoms with E-state index in [1.807, 2.05) is 0 Å². The van der Waals surface area contributed by atoms with E-state index in [4.69, 9.17) is 16.3 Å². The summed E-state index contributed by atoms with van der Waals surface area (Å²) in [5, 5.41) is 11.1. The number of hydrogen-bond acceptors (Lipinski definition) is 5. The molecule has 0 saturated carbocycles. The molecule has 7 nitrogen and oxygen atoms in total. The topological polar surface area (TPSA) is 104 Å². The molecule has 0 fully saturated rings. The van der Waals surface area contributed by atoms with Crippen molar-refractivity contribution in [2.24, 2.45) is 0 Å². The first-order valence-electron chi connectivity index (χ1n) is 5.78. The number of nitrogens with one attached hydrogen (secondary N) is 1. The van der Waals surface area contributed by atoms with Crippen LogP contribution >= 0.6 is 11.6 Å². The summed E-state index contributed by atoms with van der Waals surface area (Å²) < 4.78 is 6.57. The van der Waals surface area contributed by atoms with Crippen LogP contribution in [0.1, 0.15) is 12.5 Å². The van der Waals surface area contributed by atoms with Crippen molar-refractivity contribution in [1.82, 2.24) is 9.55 Å². The largest absolute Gasteiger partial charge is 1.00 e. The molecule has 0 radical (unpaired) electrons. The van der Waals surface area contributed by atoms with Crippen LogP contribution in [0.15, 0.2) is 21.7 Å². The number of H-pyrrole nitrogens is 1. The fourth-order valence-electron chi connectivity index (χ4n) is 2.37. The summed E-state index contributed by atoms with van der Waals surface area (Å²) in [4.78, 5) is 36.8. The molecule has 0 aliphatic carbocycles. The number of aromatic amines is 1. The zero-order valence-electron chi connectivity index (χ0n) is 11.0. The van der Waals surface area contributed by atoms with Crippen molar-refractivity contribution in [3.63, 3.8) is 0 Å². The van der Waals surface area contributed by atoms with Gasteiger partial charge >= 0.3 is 40.7 Å². The van der Waals surface area contributed by atoms with Crippen LogP contribution in [-0.2, 0) is 4.79 Å². The molecule has 1 unspecified atom stereocenters. The molecule has 0 bridgehead atoms. The van der Waals surface area contributed by atoms with E-state index in [-0.39, 0.29) is 36.2 Å². The molecule has 1 aromatic carbocycles. The zero-order valence-corrected chi connectivity index (χ0v) is 13.8. The third-order valence-corrected chi connectivity index (χ3v) is 3.36. The molecule has 0 amide bonds. The number of aliphatic carboxylic acids is 1.